The third kappa shape index (κ3) is 3.33. The Morgan fingerprint density at radius 2 is 2.05 bits per heavy atom. The Morgan fingerprint density at radius 3 is 2.71 bits per heavy atom. The van der Waals surface area contributed by atoms with Gasteiger partial charge in [-0.1, -0.05) is 15.9 Å². The van der Waals surface area contributed by atoms with E-state index in [1.54, 1.807) is 6.07 Å². The van der Waals surface area contributed by atoms with Crippen LogP contribution in [0.4, 0.5) is 15.8 Å². The van der Waals surface area contributed by atoms with E-state index >= 15 is 0 Å². The number of anilines is 2. The molecule has 2 aromatic carbocycles. The second kappa shape index (κ2) is 6.13. The predicted molar refractivity (Wildman–Crippen MR) is 84.2 cm³/mol. The molecule has 0 radical (unpaired) electrons. The van der Waals surface area contributed by atoms with Gasteiger partial charge in [-0.25, -0.2) is 4.39 Å². The second-order valence-electron chi connectivity index (χ2n) is 4.49. The first kappa shape index (κ1) is 15.3. The third-order valence-electron chi connectivity index (χ3n) is 2.98. The summed E-state index contributed by atoms with van der Waals surface area (Å²) in [7, 11) is 1.51. The van der Waals surface area contributed by atoms with Crippen molar-refractivity contribution in [3.05, 3.63) is 51.7 Å². The number of hydrogen-bond donors (Lipinski definition) is 2. The summed E-state index contributed by atoms with van der Waals surface area (Å²) in [6.07, 6.45) is 0. The van der Waals surface area contributed by atoms with Gasteiger partial charge in [-0.3, -0.25) is 4.79 Å². The molecule has 0 spiro atoms. The average Bonchev–Trinajstić information content (AvgIpc) is 2.43. The zero-order valence-corrected chi connectivity index (χ0v) is 13.1. The fourth-order valence-corrected chi connectivity index (χ4v) is 2.49. The molecule has 3 N–H and O–H groups in total. The number of halogens is 2. The van der Waals surface area contributed by atoms with Crippen molar-refractivity contribution in [1.82, 2.24) is 0 Å². The van der Waals surface area contributed by atoms with Crippen molar-refractivity contribution in [2.45, 2.75) is 6.92 Å². The molecule has 1 amide bonds. The van der Waals surface area contributed by atoms with E-state index in [1.165, 1.54) is 19.2 Å². The lowest BCUT2D eigenvalue weighted by Gasteiger charge is -2.14. The predicted octanol–water partition coefficient (Wildman–Crippen LogP) is 3.74. The number of carbonyl (C=O) groups is 1. The minimum Gasteiger partial charge on any atom is -0.495 e. The topological polar surface area (TPSA) is 64.3 Å². The number of methoxy groups -OCH3 is 1. The molecule has 0 aliphatic rings. The van der Waals surface area contributed by atoms with E-state index in [2.05, 4.69) is 21.2 Å². The van der Waals surface area contributed by atoms with E-state index in [0.717, 1.165) is 16.1 Å². The van der Waals surface area contributed by atoms with Crippen LogP contribution in [0.15, 0.2) is 34.8 Å². The van der Waals surface area contributed by atoms with E-state index in [4.69, 9.17) is 10.5 Å². The minimum atomic E-state index is -0.520. The van der Waals surface area contributed by atoms with Gasteiger partial charge in [-0.15, -0.1) is 0 Å². The number of carbonyl (C=O) groups excluding carboxylic acids is 1. The smallest absolute Gasteiger partial charge is 0.257 e. The molecule has 2 aromatic rings. The number of benzene rings is 2. The van der Waals surface area contributed by atoms with Gasteiger partial charge in [0.05, 0.1) is 18.4 Å². The fraction of sp³-hybridized carbons (Fsp3) is 0.133. The highest BCUT2D eigenvalue weighted by atomic mass is 79.9. The van der Waals surface area contributed by atoms with Gasteiger partial charge in [0, 0.05) is 10.2 Å². The van der Waals surface area contributed by atoms with Crippen LogP contribution in [0.25, 0.3) is 0 Å². The van der Waals surface area contributed by atoms with Crippen molar-refractivity contribution in [2.75, 3.05) is 18.2 Å². The number of ether oxygens (including phenoxy) is 1. The number of aryl methyl sites for hydroxylation is 1. The first-order chi connectivity index (χ1) is 9.92. The van der Waals surface area contributed by atoms with E-state index < -0.39 is 11.7 Å². The maximum absolute atomic E-state index is 13.3. The van der Waals surface area contributed by atoms with Crippen molar-refractivity contribution in [3.63, 3.8) is 0 Å². The van der Waals surface area contributed by atoms with Crippen LogP contribution in [-0.2, 0) is 0 Å². The molecular weight excluding hydrogens is 339 g/mol. The molecule has 0 fully saturated rings. The van der Waals surface area contributed by atoms with E-state index in [1.807, 2.05) is 13.0 Å². The highest BCUT2D eigenvalue weighted by Crippen LogP contribution is 2.32. The Balaban J connectivity index is 2.38. The van der Waals surface area contributed by atoms with Crippen molar-refractivity contribution in [1.29, 1.82) is 0 Å². The Bertz CT molecular complexity index is 704. The Hall–Kier alpha value is -2.08. The molecule has 21 heavy (non-hydrogen) atoms. The molecule has 0 aliphatic carbocycles. The first-order valence-electron chi connectivity index (χ1n) is 6.13. The van der Waals surface area contributed by atoms with E-state index in [0.29, 0.717) is 11.4 Å². The number of nitrogens with one attached hydrogen (secondary N) is 1. The summed E-state index contributed by atoms with van der Waals surface area (Å²) >= 11 is 3.36. The van der Waals surface area contributed by atoms with Gasteiger partial charge in [0.15, 0.2) is 0 Å². The number of hydrogen-bond acceptors (Lipinski definition) is 3. The van der Waals surface area contributed by atoms with Crippen molar-refractivity contribution >= 4 is 33.2 Å². The van der Waals surface area contributed by atoms with E-state index in [9.17, 15) is 9.18 Å². The molecule has 0 bridgehead atoms. The summed E-state index contributed by atoms with van der Waals surface area (Å²) < 4.78 is 19.3. The van der Waals surface area contributed by atoms with Crippen molar-refractivity contribution in [2.24, 2.45) is 0 Å². The fourth-order valence-electron chi connectivity index (χ4n) is 1.94. The highest BCUT2D eigenvalue weighted by molar-refractivity contribution is 9.10. The molecule has 0 heterocycles. The Kier molecular flexibility index (Phi) is 4.47. The second-order valence-corrected chi connectivity index (χ2v) is 5.40. The number of rotatable bonds is 3. The van der Waals surface area contributed by atoms with Crippen LogP contribution in [0.2, 0.25) is 0 Å². The number of nitrogen functional groups attached to an aromatic ring is 1. The van der Waals surface area contributed by atoms with Crippen LogP contribution in [0.1, 0.15) is 15.9 Å². The Labute approximate surface area is 130 Å². The van der Waals surface area contributed by atoms with Gasteiger partial charge in [0.1, 0.15) is 11.6 Å². The standard InChI is InChI=1S/C15H14BrFN2O2/c1-8-5-9(16)6-13(21-2)14(8)19-15(20)11-7-10(17)3-4-12(11)18/h3-7H,18H2,1-2H3,(H,19,20). The van der Waals surface area contributed by atoms with Gasteiger partial charge < -0.3 is 15.8 Å². The summed E-state index contributed by atoms with van der Waals surface area (Å²) in [5, 5.41) is 2.71. The zero-order valence-electron chi connectivity index (χ0n) is 11.5. The van der Waals surface area contributed by atoms with Crippen LogP contribution < -0.4 is 15.8 Å². The van der Waals surface area contributed by atoms with Crippen LogP contribution in [0, 0.1) is 12.7 Å². The molecule has 0 aliphatic heterocycles. The SMILES string of the molecule is COc1cc(Br)cc(C)c1NC(=O)c1cc(F)ccc1N. The van der Waals surface area contributed by atoms with Crippen molar-refractivity contribution < 1.29 is 13.9 Å². The lowest BCUT2D eigenvalue weighted by atomic mass is 10.1. The van der Waals surface area contributed by atoms with Crippen LogP contribution in [0.5, 0.6) is 5.75 Å². The maximum Gasteiger partial charge on any atom is 0.257 e. The molecule has 4 nitrogen and oxygen atoms in total. The minimum absolute atomic E-state index is 0.0828. The maximum atomic E-state index is 13.3. The zero-order chi connectivity index (χ0) is 15.6. The van der Waals surface area contributed by atoms with Gasteiger partial charge in [0.2, 0.25) is 0 Å². The van der Waals surface area contributed by atoms with Crippen LogP contribution in [0.3, 0.4) is 0 Å². The molecule has 0 saturated heterocycles. The molecule has 0 aromatic heterocycles. The molecule has 0 atom stereocenters. The lowest BCUT2D eigenvalue weighted by molar-refractivity contribution is 0.102. The summed E-state index contributed by atoms with van der Waals surface area (Å²) in [5.74, 6) is -0.505. The Morgan fingerprint density at radius 1 is 1.33 bits per heavy atom. The third-order valence-corrected chi connectivity index (χ3v) is 3.44. The summed E-state index contributed by atoms with van der Waals surface area (Å²) in [4.78, 5) is 12.3. The monoisotopic (exact) mass is 352 g/mol. The summed E-state index contributed by atoms with van der Waals surface area (Å²) in [6, 6.07) is 7.24. The van der Waals surface area contributed by atoms with E-state index in [-0.39, 0.29) is 11.3 Å². The van der Waals surface area contributed by atoms with Gasteiger partial charge in [0.25, 0.3) is 5.91 Å². The molecule has 6 heteroatoms. The quantitative estimate of drug-likeness (QED) is 0.827. The molecule has 0 unspecified atom stereocenters. The first-order valence-corrected chi connectivity index (χ1v) is 6.92. The summed E-state index contributed by atoms with van der Waals surface area (Å²) in [5.41, 5.74) is 7.34. The average molecular weight is 353 g/mol. The van der Waals surface area contributed by atoms with Crippen LogP contribution in [-0.4, -0.2) is 13.0 Å². The van der Waals surface area contributed by atoms with Crippen LogP contribution >= 0.6 is 15.9 Å². The molecule has 0 saturated carbocycles. The molecular formula is C15H14BrFN2O2. The number of nitrogens with two attached hydrogens (primary N) is 1. The largest absolute Gasteiger partial charge is 0.495 e. The normalized spacial score (nSPS) is 10.3. The molecule has 110 valence electrons. The molecule has 2 rings (SSSR count). The van der Waals surface area contributed by atoms with Crippen molar-refractivity contribution in [3.8, 4) is 5.75 Å². The highest BCUT2D eigenvalue weighted by Gasteiger charge is 2.15. The summed E-state index contributed by atoms with van der Waals surface area (Å²) in [6.45, 7) is 1.83. The van der Waals surface area contributed by atoms with Gasteiger partial charge in [-0.2, -0.15) is 0 Å². The van der Waals surface area contributed by atoms with Gasteiger partial charge in [-0.05, 0) is 42.8 Å². The lowest BCUT2D eigenvalue weighted by Crippen LogP contribution is -2.15. The van der Waals surface area contributed by atoms with Gasteiger partial charge >= 0.3 is 0 Å². The number of amides is 1.